The van der Waals surface area contributed by atoms with Gasteiger partial charge in [-0.15, -0.1) is 0 Å². The molecule has 124 valence electrons. The smallest absolute Gasteiger partial charge is 0.321 e. The van der Waals surface area contributed by atoms with Crippen molar-refractivity contribution in [1.82, 2.24) is 9.29 Å². The molecule has 0 amide bonds. The van der Waals surface area contributed by atoms with E-state index in [4.69, 9.17) is 0 Å². The number of rotatable bonds is 6. The number of fused-ring (bicyclic) bond motifs is 1. The molecule has 0 N–H and O–H groups in total. The fourth-order valence-electron chi connectivity index (χ4n) is 2.39. The fourth-order valence-corrected chi connectivity index (χ4v) is 4.05. The lowest BCUT2D eigenvalue weighted by molar-refractivity contribution is -0.140. The summed E-state index contributed by atoms with van der Waals surface area (Å²) >= 11 is 0. The first kappa shape index (κ1) is 17.4. The number of nitrogens with zero attached hydrogens (tertiary/aromatic N) is 2. The van der Waals surface area contributed by atoms with Crippen molar-refractivity contribution < 1.29 is 17.9 Å². The quantitative estimate of drug-likeness (QED) is 0.755. The maximum Gasteiger partial charge on any atom is 0.321 e. The molecular weight excluding hydrogens is 316 g/mol. The third-order valence-corrected chi connectivity index (χ3v) is 5.46. The van der Waals surface area contributed by atoms with Gasteiger partial charge in [0.15, 0.2) is 0 Å². The number of hydrogen-bond donors (Lipinski definition) is 0. The van der Waals surface area contributed by atoms with Crippen molar-refractivity contribution in [2.75, 3.05) is 20.2 Å². The predicted molar refractivity (Wildman–Crippen MR) is 87.5 cm³/mol. The summed E-state index contributed by atoms with van der Waals surface area (Å²) in [6.45, 7) is 3.67. The molecule has 6 nitrogen and oxygen atoms in total. The van der Waals surface area contributed by atoms with Crippen LogP contribution in [0.3, 0.4) is 0 Å². The van der Waals surface area contributed by atoms with Gasteiger partial charge in [-0.2, -0.15) is 4.31 Å². The van der Waals surface area contributed by atoms with Crippen LogP contribution in [-0.2, 0) is 19.6 Å². The zero-order valence-electron chi connectivity index (χ0n) is 13.4. The number of ether oxygens (including phenoxy) is 1. The minimum atomic E-state index is -3.82. The molecule has 2 rings (SSSR count). The van der Waals surface area contributed by atoms with Crippen molar-refractivity contribution in [2.24, 2.45) is 0 Å². The lowest BCUT2D eigenvalue weighted by atomic mass is 10.1. The van der Waals surface area contributed by atoms with Crippen molar-refractivity contribution in [1.29, 1.82) is 0 Å². The number of hydrogen-bond acceptors (Lipinski definition) is 5. The van der Waals surface area contributed by atoms with E-state index in [0.29, 0.717) is 17.3 Å². The molecule has 1 heterocycles. The van der Waals surface area contributed by atoms with Crippen LogP contribution < -0.4 is 0 Å². The second kappa shape index (κ2) is 7.06. The Morgan fingerprint density at radius 2 is 2.04 bits per heavy atom. The maximum absolute atomic E-state index is 13.0. The van der Waals surface area contributed by atoms with Gasteiger partial charge in [0.05, 0.1) is 17.5 Å². The Morgan fingerprint density at radius 1 is 1.30 bits per heavy atom. The molecule has 0 saturated carbocycles. The minimum absolute atomic E-state index is 0.156. The second-order valence-corrected chi connectivity index (χ2v) is 7.10. The molecule has 0 aliphatic heterocycles. The molecular formula is C16H20N2O4S. The number of esters is 1. The van der Waals surface area contributed by atoms with Gasteiger partial charge in [0.25, 0.3) is 0 Å². The van der Waals surface area contributed by atoms with Gasteiger partial charge >= 0.3 is 5.97 Å². The van der Waals surface area contributed by atoms with Crippen LogP contribution in [0.25, 0.3) is 10.9 Å². The van der Waals surface area contributed by atoms with E-state index in [-0.39, 0.29) is 18.0 Å². The maximum atomic E-state index is 13.0. The molecule has 0 unspecified atom stereocenters. The lowest BCUT2D eigenvalue weighted by Crippen LogP contribution is -2.36. The second-order valence-electron chi connectivity index (χ2n) is 5.19. The predicted octanol–water partition coefficient (Wildman–Crippen LogP) is 2.12. The van der Waals surface area contributed by atoms with Crippen LogP contribution in [0.4, 0.5) is 0 Å². The molecule has 1 aromatic carbocycles. The molecule has 0 bridgehead atoms. The third kappa shape index (κ3) is 3.51. The van der Waals surface area contributed by atoms with Crippen molar-refractivity contribution in [2.45, 2.75) is 25.2 Å². The van der Waals surface area contributed by atoms with E-state index in [1.165, 1.54) is 7.11 Å². The summed E-state index contributed by atoms with van der Waals surface area (Å²) in [6.07, 6.45) is 2.22. The van der Waals surface area contributed by atoms with Gasteiger partial charge in [-0.25, -0.2) is 8.42 Å². The number of aryl methyl sites for hydroxylation is 1. The highest BCUT2D eigenvalue weighted by atomic mass is 32.2. The largest absolute Gasteiger partial charge is 0.468 e. The van der Waals surface area contributed by atoms with E-state index in [2.05, 4.69) is 9.72 Å². The summed E-state index contributed by atoms with van der Waals surface area (Å²) in [5.74, 6) is -0.587. The molecule has 0 radical (unpaired) electrons. The molecule has 23 heavy (non-hydrogen) atoms. The zero-order chi connectivity index (χ0) is 17.0. The van der Waals surface area contributed by atoms with Gasteiger partial charge in [-0.05, 0) is 37.1 Å². The Bertz CT molecular complexity index is 818. The number of aromatic nitrogens is 1. The average molecular weight is 336 g/mol. The lowest BCUT2D eigenvalue weighted by Gasteiger charge is -2.21. The first-order chi connectivity index (χ1) is 10.9. The first-order valence-electron chi connectivity index (χ1n) is 7.33. The Labute approximate surface area is 136 Å². The molecule has 0 spiro atoms. The van der Waals surface area contributed by atoms with Crippen molar-refractivity contribution >= 4 is 26.9 Å². The zero-order valence-corrected chi connectivity index (χ0v) is 14.3. The molecule has 0 saturated heterocycles. The van der Waals surface area contributed by atoms with Gasteiger partial charge < -0.3 is 4.74 Å². The summed E-state index contributed by atoms with van der Waals surface area (Å²) in [5.41, 5.74) is 1.54. The highest BCUT2D eigenvalue weighted by molar-refractivity contribution is 7.89. The van der Waals surface area contributed by atoms with Gasteiger partial charge in [0, 0.05) is 18.1 Å². The first-order valence-corrected chi connectivity index (χ1v) is 8.77. The van der Waals surface area contributed by atoms with Crippen LogP contribution in [0.2, 0.25) is 0 Å². The number of carbonyl (C=O) groups is 1. The van der Waals surface area contributed by atoms with Crippen LogP contribution in [-0.4, -0.2) is 43.9 Å². The summed E-state index contributed by atoms with van der Waals surface area (Å²) in [5, 5.41) is 0.554. The van der Waals surface area contributed by atoms with Crippen molar-refractivity contribution in [3.63, 3.8) is 0 Å². The summed E-state index contributed by atoms with van der Waals surface area (Å²) in [6, 6.07) is 6.72. The Kier molecular flexibility index (Phi) is 5.33. The van der Waals surface area contributed by atoms with E-state index in [1.807, 2.05) is 13.8 Å². The number of methoxy groups -OCH3 is 1. The van der Waals surface area contributed by atoms with Crippen LogP contribution in [0, 0.1) is 6.92 Å². The topological polar surface area (TPSA) is 76.6 Å². The van der Waals surface area contributed by atoms with Gasteiger partial charge in [-0.1, -0.05) is 13.0 Å². The van der Waals surface area contributed by atoms with Crippen molar-refractivity contribution in [3.8, 4) is 0 Å². The molecule has 7 heteroatoms. The van der Waals surface area contributed by atoms with E-state index in [1.54, 1.807) is 30.5 Å². The van der Waals surface area contributed by atoms with Gasteiger partial charge in [-0.3, -0.25) is 9.78 Å². The summed E-state index contributed by atoms with van der Waals surface area (Å²) in [4.78, 5) is 16.0. The highest BCUT2D eigenvalue weighted by Crippen LogP contribution is 2.26. The molecule has 1 aromatic heterocycles. The highest BCUT2D eigenvalue weighted by Gasteiger charge is 2.28. The molecule has 0 fully saturated rings. The van der Waals surface area contributed by atoms with Gasteiger partial charge in [0.1, 0.15) is 6.54 Å². The number of benzene rings is 1. The average Bonchev–Trinajstić information content (AvgIpc) is 2.54. The Hall–Kier alpha value is -1.99. The number of carbonyl (C=O) groups excluding carboxylic acids is 1. The van der Waals surface area contributed by atoms with E-state index < -0.39 is 16.0 Å². The van der Waals surface area contributed by atoms with E-state index in [0.717, 1.165) is 9.87 Å². The third-order valence-electron chi connectivity index (χ3n) is 3.56. The molecule has 0 atom stereocenters. The molecule has 2 aromatic rings. The Balaban J connectivity index is 2.57. The van der Waals surface area contributed by atoms with Crippen molar-refractivity contribution in [3.05, 3.63) is 36.0 Å². The molecule has 0 aliphatic carbocycles. The van der Waals surface area contributed by atoms with Gasteiger partial charge in [0.2, 0.25) is 10.0 Å². The summed E-state index contributed by atoms with van der Waals surface area (Å²) in [7, 11) is -2.58. The summed E-state index contributed by atoms with van der Waals surface area (Å²) < 4.78 is 31.7. The fraction of sp³-hybridized carbons (Fsp3) is 0.375. The van der Waals surface area contributed by atoms with Crippen LogP contribution >= 0.6 is 0 Å². The van der Waals surface area contributed by atoms with E-state index >= 15 is 0 Å². The SMILES string of the molecule is CCCN(CC(=O)OC)S(=O)(=O)c1ccc(C)c2ncccc12. The van der Waals surface area contributed by atoms with Crippen LogP contribution in [0.5, 0.6) is 0 Å². The Morgan fingerprint density at radius 3 is 2.70 bits per heavy atom. The number of pyridine rings is 1. The monoisotopic (exact) mass is 336 g/mol. The normalized spacial score (nSPS) is 11.8. The van der Waals surface area contributed by atoms with Crippen LogP contribution in [0.15, 0.2) is 35.4 Å². The minimum Gasteiger partial charge on any atom is -0.468 e. The molecule has 0 aliphatic rings. The number of sulfonamides is 1. The van der Waals surface area contributed by atoms with Crippen LogP contribution in [0.1, 0.15) is 18.9 Å². The standard InChI is InChI=1S/C16H20N2O4S/c1-4-10-18(11-15(19)22-3)23(20,21)14-8-7-12(2)16-13(14)6-5-9-17-16/h5-9H,4,10-11H2,1-3H3. The van der Waals surface area contributed by atoms with E-state index in [9.17, 15) is 13.2 Å².